The highest BCUT2D eigenvalue weighted by Crippen LogP contribution is 2.21. The molecule has 0 aliphatic carbocycles. The lowest BCUT2D eigenvalue weighted by molar-refractivity contribution is 0.118. The summed E-state index contributed by atoms with van der Waals surface area (Å²) in [4.78, 5) is 0.248. The second-order valence-corrected chi connectivity index (χ2v) is 6.33. The molecule has 0 saturated heterocycles. The summed E-state index contributed by atoms with van der Waals surface area (Å²) in [7, 11) is -3.20. The third-order valence-corrected chi connectivity index (χ3v) is 3.23. The van der Waals surface area contributed by atoms with E-state index in [4.69, 9.17) is 10.5 Å². The van der Waals surface area contributed by atoms with Crippen LogP contribution >= 0.6 is 0 Å². The van der Waals surface area contributed by atoms with Crippen LogP contribution in [-0.4, -0.2) is 26.8 Å². The van der Waals surface area contributed by atoms with E-state index < -0.39 is 15.4 Å². The van der Waals surface area contributed by atoms with Crippen LogP contribution in [0.1, 0.15) is 13.8 Å². The van der Waals surface area contributed by atoms with E-state index in [-0.39, 0.29) is 4.90 Å². The minimum absolute atomic E-state index is 0.248. The Morgan fingerprint density at radius 1 is 1.38 bits per heavy atom. The Bertz CT molecular complexity index is 466. The molecule has 0 unspecified atom stereocenters. The van der Waals surface area contributed by atoms with Crippen LogP contribution in [0.5, 0.6) is 5.75 Å². The number of rotatable bonds is 4. The molecule has 5 heteroatoms. The third kappa shape index (κ3) is 3.50. The van der Waals surface area contributed by atoms with Crippen LogP contribution in [0.4, 0.5) is 0 Å². The van der Waals surface area contributed by atoms with Gasteiger partial charge in [-0.3, -0.25) is 0 Å². The zero-order valence-corrected chi connectivity index (χ0v) is 10.5. The van der Waals surface area contributed by atoms with Gasteiger partial charge in [0.05, 0.1) is 4.90 Å². The molecule has 0 fully saturated rings. The van der Waals surface area contributed by atoms with Crippen molar-refractivity contribution in [3.05, 3.63) is 24.3 Å². The monoisotopic (exact) mass is 243 g/mol. The summed E-state index contributed by atoms with van der Waals surface area (Å²) in [5, 5.41) is 0. The molecule has 0 aliphatic heterocycles. The normalized spacial score (nSPS) is 12.5. The molecule has 2 N–H and O–H groups in total. The third-order valence-electron chi connectivity index (χ3n) is 2.12. The number of nitrogens with two attached hydrogens (primary N) is 1. The largest absolute Gasteiger partial charge is 0.487 e. The summed E-state index contributed by atoms with van der Waals surface area (Å²) in [5.74, 6) is 0.512. The highest BCUT2D eigenvalue weighted by atomic mass is 32.2. The topological polar surface area (TPSA) is 69.4 Å². The molecule has 0 radical (unpaired) electrons. The van der Waals surface area contributed by atoms with Crippen LogP contribution in [0.3, 0.4) is 0 Å². The summed E-state index contributed by atoms with van der Waals surface area (Å²) >= 11 is 0. The van der Waals surface area contributed by atoms with Crippen molar-refractivity contribution in [2.75, 3.05) is 12.8 Å². The van der Waals surface area contributed by atoms with Crippen LogP contribution in [0, 0.1) is 0 Å². The van der Waals surface area contributed by atoms with Gasteiger partial charge in [-0.25, -0.2) is 8.42 Å². The second kappa shape index (κ2) is 4.43. The van der Waals surface area contributed by atoms with Crippen LogP contribution in [0.2, 0.25) is 0 Å². The van der Waals surface area contributed by atoms with E-state index in [2.05, 4.69) is 0 Å². The minimum atomic E-state index is -3.20. The summed E-state index contributed by atoms with van der Waals surface area (Å²) in [6, 6.07) is 6.41. The molecule has 0 saturated carbocycles. The van der Waals surface area contributed by atoms with Crippen molar-refractivity contribution in [3.8, 4) is 5.75 Å². The van der Waals surface area contributed by atoms with Crippen molar-refractivity contribution < 1.29 is 13.2 Å². The van der Waals surface area contributed by atoms with Crippen molar-refractivity contribution in [3.63, 3.8) is 0 Å². The maximum atomic E-state index is 11.3. The summed E-state index contributed by atoms with van der Waals surface area (Å²) in [6.07, 6.45) is 1.17. The highest BCUT2D eigenvalue weighted by molar-refractivity contribution is 7.90. The fourth-order valence-corrected chi connectivity index (χ4v) is 1.79. The SMILES string of the molecule is CC(C)(CN)Oc1cccc(S(C)(=O)=O)c1. The molecule has 0 spiro atoms. The van der Waals surface area contributed by atoms with E-state index in [0.717, 1.165) is 0 Å². The predicted octanol–water partition coefficient (Wildman–Crippen LogP) is 1.21. The van der Waals surface area contributed by atoms with Crippen LogP contribution in [-0.2, 0) is 9.84 Å². The first-order valence-electron chi connectivity index (χ1n) is 4.94. The first-order chi connectivity index (χ1) is 7.24. The Balaban J connectivity index is 3.01. The smallest absolute Gasteiger partial charge is 0.175 e. The minimum Gasteiger partial charge on any atom is -0.487 e. The summed E-state index contributed by atoms with van der Waals surface area (Å²) in [5.41, 5.74) is 5.03. The maximum Gasteiger partial charge on any atom is 0.175 e. The molecule has 1 aromatic rings. The van der Waals surface area contributed by atoms with Gasteiger partial charge in [0.25, 0.3) is 0 Å². The van der Waals surface area contributed by atoms with Gasteiger partial charge in [-0.15, -0.1) is 0 Å². The van der Waals surface area contributed by atoms with Gasteiger partial charge < -0.3 is 10.5 Å². The zero-order valence-electron chi connectivity index (χ0n) is 9.73. The number of hydrogen-bond acceptors (Lipinski definition) is 4. The first kappa shape index (κ1) is 13.0. The number of hydrogen-bond donors (Lipinski definition) is 1. The van der Waals surface area contributed by atoms with Gasteiger partial charge >= 0.3 is 0 Å². The van der Waals surface area contributed by atoms with Crippen molar-refractivity contribution in [1.29, 1.82) is 0 Å². The number of benzene rings is 1. The van der Waals surface area contributed by atoms with Crippen molar-refractivity contribution in [2.45, 2.75) is 24.3 Å². The van der Waals surface area contributed by atoms with Crippen LogP contribution in [0.15, 0.2) is 29.2 Å². The van der Waals surface area contributed by atoms with E-state index in [1.165, 1.54) is 18.4 Å². The number of ether oxygens (including phenoxy) is 1. The van der Waals surface area contributed by atoms with E-state index >= 15 is 0 Å². The fourth-order valence-electron chi connectivity index (χ4n) is 1.13. The van der Waals surface area contributed by atoms with Gasteiger partial charge in [-0.1, -0.05) is 6.07 Å². The Morgan fingerprint density at radius 2 is 2.00 bits per heavy atom. The number of sulfone groups is 1. The molecular formula is C11H17NO3S. The molecule has 0 atom stereocenters. The Kier molecular flexibility index (Phi) is 3.60. The molecule has 0 heterocycles. The van der Waals surface area contributed by atoms with E-state index in [0.29, 0.717) is 12.3 Å². The van der Waals surface area contributed by atoms with E-state index in [1.54, 1.807) is 12.1 Å². The molecule has 16 heavy (non-hydrogen) atoms. The highest BCUT2D eigenvalue weighted by Gasteiger charge is 2.18. The molecule has 4 nitrogen and oxygen atoms in total. The molecule has 0 bridgehead atoms. The molecule has 1 aromatic carbocycles. The van der Waals surface area contributed by atoms with Gasteiger partial charge in [-0.2, -0.15) is 0 Å². The Hall–Kier alpha value is -1.07. The fraction of sp³-hybridized carbons (Fsp3) is 0.455. The lowest BCUT2D eigenvalue weighted by Gasteiger charge is -2.24. The average Bonchev–Trinajstić information content (AvgIpc) is 2.16. The van der Waals surface area contributed by atoms with Gasteiger partial charge in [0.1, 0.15) is 11.4 Å². The molecular weight excluding hydrogens is 226 g/mol. The molecule has 1 rings (SSSR count). The van der Waals surface area contributed by atoms with Crippen molar-refractivity contribution in [1.82, 2.24) is 0 Å². The molecule has 0 amide bonds. The van der Waals surface area contributed by atoms with Gasteiger partial charge in [0.15, 0.2) is 9.84 Å². The molecule has 0 aliphatic rings. The lowest BCUT2D eigenvalue weighted by atomic mass is 10.1. The lowest BCUT2D eigenvalue weighted by Crippen LogP contribution is -2.37. The van der Waals surface area contributed by atoms with Crippen LogP contribution in [0.25, 0.3) is 0 Å². The Morgan fingerprint density at radius 3 is 2.50 bits per heavy atom. The zero-order chi connectivity index (χ0) is 12.4. The summed E-state index contributed by atoms with van der Waals surface area (Å²) < 4.78 is 28.3. The van der Waals surface area contributed by atoms with Gasteiger partial charge in [-0.05, 0) is 32.0 Å². The van der Waals surface area contributed by atoms with Gasteiger partial charge in [0, 0.05) is 12.8 Å². The second-order valence-electron chi connectivity index (χ2n) is 4.31. The van der Waals surface area contributed by atoms with Crippen molar-refractivity contribution >= 4 is 9.84 Å². The van der Waals surface area contributed by atoms with Crippen LogP contribution < -0.4 is 10.5 Å². The summed E-state index contributed by atoms with van der Waals surface area (Å²) in [6.45, 7) is 4.05. The first-order valence-corrected chi connectivity index (χ1v) is 6.83. The Labute approximate surface area is 96.3 Å². The quantitative estimate of drug-likeness (QED) is 0.863. The average molecular weight is 243 g/mol. The predicted molar refractivity (Wildman–Crippen MR) is 63.3 cm³/mol. The van der Waals surface area contributed by atoms with E-state index in [9.17, 15) is 8.42 Å². The van der Waals surface area contributed by atoms with E-state index in [1.807, 2.05) is 13.8 Å². The van der Waals surface area contributed by atoms with Crippen molar-refractivity contribution in [2.24, 2.45) is 5.73 Å². The maximum absolute atomic E-state index is 11.3. The standard InChI is InChI=1S/C11H17NO3S/c1-11(2,8-12)15-9-5-4-6-10(7-9)16(3,13)14/h4-7H,8,12H2,1-3H3. The van der Waals surface area contributed by atoms with Gasteiger partial charge in [0.2, 0.25) is 0 Å². The molecule has 0 aromatic heterocycles. The molecule has 90 valence electrons.